The Hall–Kier alpha value is -1.99. The summed E-state index contributed by atoms with van der Waals surface area (Å²) >= 11 is 1.43. The number of aliphatic hydroxyl groups is 1. The molecule has 0 fully saturated rings. The van der Waals surface area contributed by atoms with Crippen molar-refractivity contribution < 1.29 is 10.0 Å². The normalized spacial score (nSPS) is 13.8. The summed E-state index contributed by atoms with van der Waals surface area (Å²) in [4.78, 5) is 15.0. The van der Waals surface area contributed by atoms with Crippen LogP contribution in [0.15, 0.2) is 35.8 Å². The molecule has 0 spiro atoms. The van der Waals surface area contributed by atoms with Gasteiger partial charge in [0.15, 0.2) is 0 Å². The van der Waals surface area contributed by atoms with Crippen LogP contribution in [0.25, 0.3) is 0 Å². The Kier molecular flexibility index (Phi) is 3.77. The predicted octanol–water partition coefficient (Wildman–Crippen LogP) is 2.37. The van der Waals surface area contributed by atoms with E-state index in [1.54, 1.807) is 6.92 Å². The highest BCUT2D eigenvalue weighted by Gasteiger charge is 2.25. The fourth-order valence-electron chi connectivity index (χ4n) is 1.61. The van der Waals surface area contributed by atoms with Gasteiger partial charge in [-0.2, -0.15) is 0 Å². The highest BCUT2D eigenvalue weighted by Crippen LogP contribution is 2.27. The molecular formula is C12H13N3O3S. The average molecular weight is 279 g/mol. The summed E-state index contributed by atoms with van der Waals surface area (Å²) in [5.74, 6) is 0.157. The number of rotatable bonds is 5. The Morgan fingerprint density at radius 2 is 2.32 bits per heavy atom. The fourth-order valence-corrected chi connectivity index (χ4v) is 2.40. The van der Waals surface area contributed by atoms with E-state index >= 15 is 0 Å². The van der Waals surface area contributed by atoms with Crippen LogP contribution < -0.4 is 5.32 Å². The molecule has 0 unspecified atom stereocenters. The average Bonchev–Trinajstić information content (AvgIpc) is 2.91. The molecule has 0 saturated heterocycles. The third kappa shape index (κ3) is 3.07. The Bertz CT molecular complexity index is 569. The maximum atomic E-state index is 10.8. The molecule has 0 bridgehead atoms. The Morgan fingerprint density at radius 3 is 2.95 bits per heavy atom. The first-order valence-corrected chi connectivity index (χ1v) is 6.48. The molecule has 1 atom stereocenters. The molecule has 0 radical (unpaired) electrons. The van der Waals surface area contributed by atoms with Gasteiger partial charge >= 0.3 is 5.69 Å². The molecular weight excluding hydrogens is 266 g/mol. The summed E-state index contributed by atoms with van der Waals surface area (Å²) in [5.41, 5.74) is -1.20. The predicted molar refractivity (Wildman–Crippen MR) is 73.3 cm³/mol. The number of nitro groups is 1. The lowest BCUT2D eigenvalue weighted by Gasteiger charge is -2.22. The lowest BCUT2D eigenvalue weighted by atomic mass is 10.1. The quantitative estimate of drug-likeness (QED) is 0.648. The Balaban J connectivity index is 2.13. The van der Waals surface area contributed by atoms with Gasteiger partial charge in [0, 0.05) is 23.7 Å². The van der Waals surface area contributed by atoms with Crippen LogP contribution in [-0.2, 0) is 5.60 Å². The minimum absolute atomic E-state index is 0.107. The SMILES string of the molecule is C[C@](O)(CNc1ncccc1[N+](=O)[O-])c1cccs1. The van der Waals surface area contributed by atoms with E-state index in [0.717, 1.165) is 4.88 Å². The molecule has 2 rings (SSSR count). The fraction of sp³-hybridized carbons (Fsp3) is 0.250. The zero-order chi connectivity index (χ0) is 13.9. The van der Waals surface area contributed by atoms with Gasteiger partial charge in [-0.3, -0.25) is 10.1 Å². The second-order valence-electron chi connectivity index (χ2n) is 4.23. The third-order valence-electron chi connectivity index (χ3n) is 2.64. The van der Waals surface area contributed by atoms with Gasteiger partial charge in [0.25, 0.3) is 0 Å². The molecule has 0 saturated carbocycles. The molecule has 0 aromatic carbocycles. The number of hydrogen-bond acceptors (Lipinski definition) is 6. The number of pyridine rings is 1. The molecule has 0 aliphatic rings. The van der Waals surface area contributed by atoms with E-state index in [1.807, 2.05) is 17.5 Å². The van der Waals surface area contributed by atoms with Gasteiger partial charge < -0.3 is 10.4 Å². The van der Waals surface area contributed by atoms with Crippen molar-refractivity contribution >= 4 is 22.8 Å². The second-order valence-corrected chi connectivity index (χ2v) is 5.18. The molecule has 0 aliphatic carbocycles. The van der Waals surface area contributed by atoms with E-state index < -0.39 is 10.5 Å². The molecule has 19 heavy (non-hydrogen) atoms. The van der Waals surface area contributed by atoms with Crippen LogP contribution in [-0.4, -0.2) is 21.6 Å². The minimum Gasteiger partial charge on any atom is -0.383 e. The summed E-state index contributed by atoms with van der Waals surface area (Å²) in [6.07, 6.45) is 1.47. The number of nitrogens with zero attached hydrogens (tertiary/aromatic N) is 2. The van der Waals surface area contributed by atoms with Gasteiger partial charge in [-0.1, -0.05) is 6.07 Å². The van der Waals surface area contributed by atoms with Crippen molar-refractivity contribution in [2.75, 3.05) is 11.9 Å². The van der Waals surface area contributed by atoms with Gasteiger partial charge in [0.05, 0.1) is 4.92 Å². The van der Waals surface area contributed by atoms with Crippen LogP contribution in [0, 0.1) is 10.1 Å². The summed E-state index contributed by atoms with van der Waals surface area (Å²) < 4.78 is 0. The van der Waals surface area contributed by atoms with Crippen molar-refractivity contribution in [2.45, 2.75) is 12.5 Å². The Morgan fingerprint density at radius 1 is 1.53 bits per heavy atom. The van der Waals surface area contributed by atoms with E-state index in [9.17, 15) is 15.2 Å². The first kappa shape index (κ1) is 13.4. The van der Waals surface area contributed by atoms with Crippen molar-refractivity contribution in [2.24, 2.45) is 0 Å². The molecule has 2 aromatic rings. The van der Waals surface area contributed by atoms with Crippen LogP contribution in [0.5, 0.6) is 0 Å². The summed E-state index contributed by atoms with van der Waals surface area (Å²) in [6, 6.07) is 6.53. The number of anilines is 1. The second kappa shape index (κ2) is 5.33. The van der Waals surface area contributed by atoms with Gasteiger partial charge in [-0.25, -0.2) is 4.98 Å². The van der Waals surface area contributed by atoms with E-state index in [-0.39, 0.29) is 18.1 Å². The van der Waals surface area contributed by atoms with Crippen molar-refractivity contribution in [1.82, 2.24) is 4.98 Å². The van der Waals surface area contributed by atoms with Crippen molar-refractivity contribution in [3.63, 3.8) is 0 Å². The van der Waals surface area contributed by atoms with E-state index in [4.69, 9.17) is 0 Å². The van der Waals surface area contributed by atoms with E-state index in [2.05, 4.69) is 10.3 Å². The summed E-state index contributed by atoms with van der Waals surface area (Å²) in [7, 11) is 0. The largest absolute Gasteiger partial charge is 0.383 e. The zero-order valence-electron chi connectivity index (χ0n) is 10.2. The summed E-state index contributed by atoms with van der Waals surface area (Å²) in [5, 5.41) is 25.9. The van der Waals surface area contributed by atoms with Crippen LogP contribution in [0.2, 0.25) is 0 Å². The van der Waals surface area contributed by atoms with Crippen LogP contribution in [0.4, 0.5) is 11.5 Å². The highest BCUT2D eigenvalue weighted by atomic mass is 32.1. The molecule has 0 amide bonds. The third-order valence-corrected chi connectivity index (χ3v) is 3.76. The molecule has 6 nitrogen and oxygen atoms in total. The maximum Gasteiger partial charge on any atom is 0.311 e. The Labute approximate surface area is 113 Å². The smallest absolute Gasteiger partial charge is 0.311 e. The van der Waals surface area contributed by atoms with E-state index in [0.29, 0.717) is 0 Å². The van der Waals surface area contributed by atoms with Crippen molar-refractivity contribution in [3.8, 4) is 0 Å². The summed E-state index contributed by atoms with van der Waals surface area (Å²) in [6.45, 7) is 1.80. The maximum absolute atomic E-state index is 10.8. The highest BCUT2D eigenvalue weighted by molar-refractivity contribution is 7.10. The zero-order valence-corrected chi connectivity index (χ0v) is 11.1. The number of thiophene rings is 1. The first-order chi connectivity index (χ1) is 9.00. The molecule has 2 N–H and O–H groups in total. The topological polar surface area (TPSA) is 88.3 Å². The lowest BCUT2D eigenvalue weighted by molar-refractivity contribution is -0.384. The number of hydrogen-bond donors (Lipinski definition) is 2. The monoisotopic (exact) mass is 279 g/mol. The van der Waals surface area contributed by atoms with Gasteiger partial charge in [-0.15, -0.1) is 11.3 Å². The van der Waals surface area contributed by atoms with Crippen LogP contribution >= 0.6 is 11.3 Å². The van der Waals surface area contributed by atoms with Crippen LogP contribution in [0.3, 0.4) is 0 Å². The molecule has 100 valence electrons. The van der Waals surface area contributed by atoms with Gasteiger partial charge in [-0.05, 0) is 24.4 Å². The lowest BCUT2D eigenvalue weighted by Crippen LogP contribution is -2.30. The minimum atomic E-state index is -1.10. The van der Waals surface area contributed by atoms with Crippen molar-refractivity contribution in [1.29, 1.82) is 0 Å². The molecule has 2 aromatic heterocycles. The van der Waals surface area contributed by atoms with E-state index in [1.165, 1.54) is 29.7 Å². The van der Waals surface area contributed by atoms with Gasteiger partial charge in [0.1, 0.15) is 5.60 Å². The molecule has 7 heteroatoms. The molecule has 2 heterocycles. The number of aromatic nitrogens is 1. The van der Waals surface area contributed by atoms with Crippen LogP contribution in [0.1, 0.15) is 11.8 Å². The number of nitrogens with one attached hydrogen (secondary N) is 1. The van der Waals surface area contributed by atoms with Gasteiger partial charge in [0.2, 0.25) is 5.82 Å². The first-order valence-electron chi connectivity index (χ1n) is 5.60. The molecule has 0 aliphatic heterocycles. The van der Waals surface area contributed by atoms with Crippen molar-refractivity contribution in [3.05, 3.63) is 50.8 Å². The standard InChI is InChI=1S/C12H13N3O3S/c1-12(16,10-5-3-7-19-10)8-14-11-9(15(17)18)4-2-6-13-11/h2-7,16H,8H2,1H3,(H,13,14)/t12-/m0/s1.